The summed E-state index contributed by atoms with van der Waals surface area (Å²) in [6.07, 6.45) is -29.8. The van der Waals surface area contributed by atoms with Crippen molar-refractivity contribution in [1.29, 1.82) is 0 Å². The Balaban J connectivity index is -0.000000285. The third kappa shape index (κ3) is 45.7. The third-order valence-corrected chi connectivity index (χ3v) is 4.99. The van der Waals surface area contributed by atoms with Gasteiger partial charge in [-0.05, 0) is 0 Å². The minimum atomic E-state index is -5.58. The van der Waals surface area contributed by atoms with Gasteiger partial charge in [-0.15, -0.1) is 0 Å². The molecule has 12 nitrogen and oxygen atoms in total. The first-order chi connectivity index (χ1) is 19.2. The van der Waals surface area contributed by atoms with Gasteiger partial charge in [-0.25, -0.2) is 0 Å². The minimum Gasteiger partial charge on any atom is -0.756 e. The van der Waals surface area contributed by atoms with E-state index in [9.17, 15) is 107 Å². The first kappa shape index (κ1) is 52.4. The van der Waals surface area contributed by atoms with E-state index in [2.05, 4.69) is 27.1 Å². The molecule has 0 saturated heterocycles. The second kappa shape index (κ2) is 19.7. The predicted molar refractivity (Wildman–Crippen MR) is 101 cm³/mol. The molecule has 0 unspecified atom stereocenters. The Hall–Kier alpha value is -0.398. The molecule has 0 aromatic rings. The Bertz CT molecular complexity index is 804. The van der Waals surface area contributed by atoms with Crippen molar-refractivity contribution >= 4 is 40.8 Å². The Morgan fingerprint density at radius 3 is 0.478 bits per heavy atom. The van der Waals surface area contributed by atoms with Gasteiger partial charge >= 0.3 is 54.4 Å². The fraction of sp³-hybridized carbons (Fsp3) is 1.00. The summed E-state index contributed by atoms with van der Waals surface area (Å²) in [5.74, 6) is 0. The zero-order valence-corrected chi connectivity index (χ0v) is 24.7. The number of hydrogen-bond donors (Lipinski definition) is 0. The fourth-order valence-corrected chi connectivity index (χ4v) is 3.08. The summed E-state index contributed by atoms with van der Waals surface area (Å²) in [5.41, 5.74) is 0. The molecule has 0 aromatic heterocycles. The zero-order valence-electron chi connectivity index (χ0n) is 20.9. The van der Waals surface area contributed by atoms with E-state index in [-0.39, 0.29) is 17.4 Å². The van der Waals surface area contributed by atoms with E-state index in [1.54, 1.807) is 0 Å². The Kier molecular flexibility index (Phi) is 22.5. The van der Waals surface area contributed by atoms with Crippen molar-refractivity contribution < 1.29 is 135 Å². The maximum atomic E-state index is 11.4. The largest absolute Gasteiger partial charge is 3.00 e. The van der Waals surface area contributed by atoms with E-state index in [4.69, 9.17) is 0 Å². The summed E-state index contributed by atoms with van der Waals surface area (Å²) >= 11 is 0. The molecule has 0 saturated carbocycles. The van der Waals surface area contributed by atoms with Crippen LogP contribution >= 0.6 is 23.5 Å². The Morgan fingerprint density at radius 1 is 0.326 bits per heavy atom. The number of phosphoric acid groups is 3. The second-order valence-electron chi connectivity index (χ2n) is 6.67. The number of halogens is 18. The summed E-state index contributed by atoms with van der Waals surface area (Å²) in [6.45, 7) is -13.4. The molecule has 0 aliphatic rings. The molecule has 0 amide bonds. The van der Waals surface area contributed by atoms with Crippen LogP contribution in [0.25, 0.3) is 0 Å². The van der Waals surface area contributed by atoms with Gasteiger partial charge in [0.05, 0.1) is 0 Å². The topological polar surface area (TPSA) is 176 Å². The molecule has 0 atom stereocenters. The molecule has 34 heteroatoms. The monoisotopic (exact) mass is 810 g/mol. The van der Waals surface area contributed by atoms with Crippen LogP contribution in [0.5, 0.6) is 0 Å². The molecule has 0 aliphatic heterocycles. The van der Waals surface area contributed by atoms with Crippen LogP contribution < -0.4 is 14.7 Å². The maximum absolute atomic E-state index is 11.4. The van der Waals surface area contributed by atoms with Gasteiger partial charge in [-0.2, -0.15) is 79.0 Å². The standard InChI is InChI=1S/3C4H5F6O4P.Al/c3*5-3(6,7)1-13-15(11,12)14-2-4(8,9)10;/h3*1-2H2,(H,11,12);/q;;;+3/p-3. The molecule has 0 rings (SSSR count). The molecule has 276 valence electrons. The van der Waals surface area contributed by atoms with Gasteiger partial charge in [0, 0.05) is 0 Å². The smallest absolute Gasteiger partial charge is 0.756 e. The number of phosphoric ester groups is 3. The van der Waals surface area contributed by atoms with Gasteiger partial charge in [0.2, 0.25) is 0 Å². The summed E-state index contributed by atoms with van der Waals surface area (Å²) < 4.78 is 255. The minimum absolute atomic E-state index is 0. The van der Waals surface area contributed by atoms with E-state index in [1.165, 1.54) is 0 Å². The molecule has 0 spiro atoms. The first-order valence-corrected chi connectivity index (χ1v) is 13.8. The predicted octanol–water partition coefficient (Wildman–Crippen LogP) is 4.46. The van der Waals surface area contributed by atoms with Crippen LogP contribution in [0, 0.1) is 0 Å². The molecule has 0 heterocycles. The summed E-state index contributed by atoms with van der Waals surface area (Å²) in [6, 6.07) is 0. The molecule has 0 radical (unpaired) electrons. The van der Waals surface area contributed by atoms with Crippen LogP contribution in [0.2, 0.25) is 0 Å². The summed E-state index contributed by atoms with van der Waals surface area (Å²) in [4.78, 5) is 30.9. The van der Waals surface area contributed by atoms with Crippen molar-refractivity contribution in [1.82, 2.24) is 0 Å². The number of hydrogen-bond acceptors (Lipinski definition) is 12. The number of rotatable bonds is 12. The van der Waals surface area contributed by atoms with Gasteiger partial charge < -0.3 is 41.8 Å². The van der Waals surface area contributed by atoms with Crippen LogP contribution in [0.1, 0.15) is 0 Å². The molecule has 0 N–H and O–H groups in total. The van der Waals surface area contributed by atoms with Crippen LogP contribution in [-0.4, -0.2) is 94.1 Å². The zero-order chi connectivity index (χ0) is 37.0. The maximum Gasteiger partial charge on any atom is 3.00 e. The van der Waals surface area contributed by atoms with Crippen LogP contribution in [0.4, 0.5) is 79.0 Å². The first-order valence-electron chi connectivity index (χ1n) is 9.45. The van der Waals surface area contributed by atoms with Gasteiger partial charge in [0.25, 0.3) is 23.5 Å². The molecule has 0 fully saturated rings. The average molecular weight is 810 g/mol. The molecule has 46 heavy (non-hydrogen) atoms. The van der Waals surface area contributed by atoms with E-state index in [0.29, 0.717) is 0 Å². The Labute approximate surface area is 252 Å². The van der Waals surface area contributed by atoms with Crippen molar-refractivity contribution in [3.8, 4) is 0 Å². The van der Waals surface area contributed by atoms with Crippen LogP contribution in [-0.2, 0) is 40.8 Å². The van der Waals surface area contributed by atoms with E-state index >= 15 is 0 Å². The molecular formula is C12H12AlF18O12P3. The third-order valence-electron chi connectivity index (χ3n) is 2.32. The SMILES string of the molecule is O=P([O-])(OCC(F)(F)F)OCC(F)(F)F.O=P([O-])(OCC(F)(F)F)OCC(F)(F)F.O=P([O-])(OCC(F)(F)F)OCC(F)(F)F.[Al+3]. The van der Waals surface area contributed by atoms with Gasteiger partial charge in [0.1, 0.15) is 0 Å². The van der Waals surface area contributed by atoms with Crippen molar-refractivity contribution in [3.05, 3.63) is 0 Å². The number of alkyl halides is 18. The van der Waals surface area contributed by atoms with Crippen molar-refractivity contribution in [2.45, 2.75) is 37.1 Å². The fourth-order valence-electron chi connectivity index (χ4n) is 1.03. The van der Waals surface area contributed by atoms with Crippen molar-refractivity contribution in [3.63, 3.8) is 0 Å². The second-order valence-corrected chi connectivity index (χ2v) is 10.9. The van der Waals surface area contributed by atoms with Gasteiger partial charge in [-0.3, -0.25) is 13.7 Å². The normalized spacial score (nSPS) is 14.0. The molecular weight excluding hydrogens is 798 g/mol. The van der Waals surface area contributed by atoms with Gasteiger partial charge in [-0.1, -0.05) is 0 Å². The quantitative estimate of drug-likeness (QED) is 0.154. The molecule has 0 bridgehead atoms. The van der Waals surface area contributed by atoms with Crippen molar-refractivity contribution in [2.24, 2.45) is 0 Å². The van der Waals surface area contributed by atoms with Gasteiger partial charge in [0.15, 0.2) is 39.6 Å². The molecule has 0 aromatic carbocycles. The van der Waals surface area contributed by atoms with E-state index in [1.807, 2.05) is 0 Å². The molecule has 0 aliphatic carbocycles. The summed E-state index contributed by atoms with van der Waals surface area (Å²) in [7, 11) is -16.7. The summed E-state index contributed by atoms with van der Waals surface area (Å²) in [5, 5.41) is 0. The average Bonchev–Trinajstić information content (AvgIpc) is 2.75. The van der Waals surface area contributed by atoms with Crippen molar-refractivity contribution in [2.75, 3.05) is 39.6 Å². The van der Waals surface area contributed by atoms with Crippen LogP contribution in [0.15, 0.2) is 0 Å². The van der Waals surface area contributed by atoms with E-state index in [0.717, 1.165) is 0 Å². The Morgan fingerprint density at radius 2 is 0.413 bits per heavy atom. The van der Waals surface area contributed by atoms with E-state index < -0.39 is 100 Å². The van der Waals surface area contributed by atoms with Crippen LogP contribution in [0.3, 0.4) is 0 Å².